The first-order valence-electron chi connectivity index (χ1n) is 8.18. The van der Waals surface area contributed by atoms with Crippen LogP contribution in [0.2, 0.25) is 0 Å². The van der Waals surface area contributed by atoms with Gasteiger partial charge in [0.2, 0.25) is 0 Å². The van der Waals surface area contributed by atoms with Crippen LogP contribution >= 0.6 is 0 Å². The zero-order chi connectivity index (χ0) is 17.6. The van der Waals surface area contributed by atoms with E-state index in [1.165, 1.54) is 4.90 Å². The second kappa shape index (κ2) is 7.82. The number of amides is 1. The molecule has 0 heterocycles. The molecule has 2 aromatic rings. The van der Waals surface area contributed by atoms with Crippen LogP contribution in [0, 0.1) is 0 Å². The summed E-state index contributed by atoms with van der Waals surface area (Å²) in [6, 6.07) is 19.6. The van der Waals surface area contributed by atoms with Gasteiger partial charge in [0.25, 0.3) is 0 Å². The van der Waals surface area contributed by atoms with Gasteiger partial charge in [0.05, 0.1) is 6.04 Å². The minimum Gasteiger partial charge on any atom is -0.465 e. The molecule has 1 N–H and O–H groups in total. The van der Waals surface area contributed by atoms with Crippen molar-refractivity contribution < 1.29 is 9.90 Å². The Hall–Kier alpha value is -2.55. The number of carbonyl (C=O) groups is 1. The van der Waals surface area contributed by atoms with Crippen LogP contribution in [0.25, 0.3) is 6.08 Å². The highest BCUT2D eigenvalue weighted by atomic mass is 16.4. The van der Waals surface area contributed by atoms with E-state index in [1.54, 1.807) is 0 Å². The second-order valence-electron chi connectivity index (χ2n) is 6.80. The molecular formula is C21H25NO2. The third-order valence-electron chi connectivity index (χ3n) is 3.89. The predicted molar refractivity (Wildman–Crippen MR) is 98.9 cm³/mol. The van der Waals surface area contributed by atoms with E-state index in [4.69, 9.17) is 0 Å². The predicted octanol–water partition coefficient (Wildman–Crippen LogP) is 5.61. The first-order valence-corrected chi connectivity index (χ1v) is 8.18. The molecule has 3 nitrogen and oxygen atoms in total. The highest BCUT2D eigenvalue weighted by Gasteiger charge is 2.33. The van der Waals surface area contributed by atoms with Gasteiger partial charge >= 0.3 is 6.09 Å². The number of hydrogen-bond acceptors (Lipinski definition) is 1. The molecule has 0 radical (unpaired) electrons. The lowest BCUT2D eigenvalue weighted by Crippen LogP contribution is -2.47. The van der Waals surface area contributed by atoms with Crippen LogP contribution in [0.4, 0.5) is 4.79 Å². The van der Waals surface area contributed by atoms with Gasteiger partial charge < -0.3 is 5.11 Å². The van der Waals surface area contributed by atoms with Crippen molar-refractivity contribution in [2.45, 2.75) is 38.8 Å². The molecular weight excluding hydrogens is 298 g/mol. The van der Waals surface area contributed by atoms with Crippen molar-refractivity contribution in [2.24, 2.45) is 0 Å². The minimum atomic E-state index is -0.899. The number of rotatable bonds is 5. The van der Waals surface area contributed by atoms with E-state index in [-0.39, 0.29) is 6.04 Å². The van der Waals surface area contributed by atoms with Crippen molar-refractivity contribution in [3.05, 3.63) is 77.9 Å². The molecule has 0 saturated carbocycles. The van der Waals surface area contributed by atoms with Crippen molar-refractivity contribution >= 4 is 12.2 Å². The Morgan fingerprint density at radius 2 is 1.58 bits per heavy atom. The Labute approximate surface area is 144 Å². The molecule has 1 amide bonds. The lowest BCUT2D eigenvalue weighted by molar-refractivity contribution is 0.0705. The maximum atomic E-state index is 11.9. The van der Waals surface area contributed by atoms with Gasteiger partial charge in [-0.05, 0) is 38.3 Å². The minimum absolute atomic E-state index is 0.219. The lowest BCUT2D eigenvalue weighted by atomic mass is 9.96. The highest BCUT2D eigenvalue weighted by Crippen LogP contribution is 2.31. The van der Waals surface area contributed by atoms with Crippen LogP contribution in [0.1, 0.15) is 44.4 Å². The van der Waals surface area contributed by atoms with Crippen LogP contribution in [0.15, 0.2) is 66.7 Å². The normalized spacial score (nSPS) is 13.0. The molecule has 3 heteroatoms. The molecule has 0 aromatic heterocycles. The van der Waals surface area contributed by atoms with E-state index in [2.05, 4.69) is 6.08 Å². The lowest BCUT2D eigenvalue weighted by Gasteiger charge is -2.39. The summed E-state index contributed by atoms with van der Waals surface area (Å²) in [7, 11) is 0. The standard InChI is InChI=1S/C21H25NO2/c1-21(2,3)22(20(23)24)19(18-14-8-5-9-15-18)16-10-13-17-11-6-4-7-12-17/h4-15,19H,16H2,1-3H3,(H,23,24)/t19-/m1/s1. The average molecular weight is 323 g/mol. The van der Waals surface area contributed by atoms with Gasteiger partial charge in [0, 0.05) is 5.54 Å². The molecule has 2 aromatic carbocycles. The summed E-state index contributed by atoms with van der Waals surface area (Å²) in [5.74, 6) is 0. The van der Waals surface area contributed by atoms with E-state index >= 15 is 0 Å². The summed E-state index contributed by atoms with van der Waals surface area (Å²) in [5, 5.41) is 9.76. The molecule has 0 aliphatic rings. The Morgan fingerprint density at radius 3 is 2.08 bits per heavy atom. The van der Waals surface area contributed by atoms with Gasteiger partial charge in [-0.3, -0.25) is 4.90 Å². The molecule has 24 heavy (non-hydrogen) atoms. The third kappa shape index (κ3) is 4.72. The molecule has 1 atom stereocenters. The van der Waals surface area contributed by atoms with Gasteiger partial charge in [-0.15, -0.1) is 0 Å². The van der Waals surface area contributed by atoms with Gasteiger partial charge in [-0.1, -0.05) is 72.8 Å². The van der Waals surface area contributed by atoms with E-state index in [0.29, 0.717) is 6.42 Å². The molecule has 2 rings (SSSR count). The quantitative estimate of drug-likeness (QED) is 0.777. The van der Waals surface area contributed by atoms with Gasteiger partial charge in [0.15, 0.2) is 0 Å². The fraction of sp³-hybridized carbons (Fsp3) is 0.286. The zero-order valence-corrected chi connectivity index (χ0v) is 14.5. The highest BCUT2D eigenvalue weighted by molar-refractivity contribution is 5.67. The second-order valence-corrected chi connectivity index (χ2v) is 6.80. The van der Waals surface area contributed by atoms with E-state index in [1.807, 2.05) is 87.5 Å². The summed E-state index contributed by atoms with van der Waals surface area (Å²) in [5.41, 5.74) is 1.64. The van der Waals surface area contributed by atoms with Gasteiger partial charge in [-0.25, -0.2) is 4.79 Å². The fourth-order valence-electron chi connectivity index (χ4n) is 2.85. The van der Waals surface area contributed by atoms with Crippen molar-refractivity contribution in [2.75, 3.05) is 0 Å². The first-order chi connectivity index (χ1) is 11.4. The number of hydrogen-bond donors (Lipinski definition) is 1. The summed E-state index contributed by atoms with van der Waals surface area (Å²) in [6.45, 7) is 5.79. The van der Waals surface area contributed by atoms with E-state index < -0.39 is 11.6 Å². The molecule has 0 saturated heterocycles. The Bertz CT molecular complexity index is 672. The Kier molecular flexibility index (Phi) is 5.80. The number of carboxylic acid groups (broad SMARTS) is 1. The topological polar surface area (TPSA) is 40.5 Å². The largest absolute Gasteiger partial charge is 0.465 e. The van der Waals surface area contributed by atoms with Crippen LogP contribution < -0.4 is 0 Å². The molecule has 0 unspecified atom stereocenters. The van der Waals surface area contributed by atoms with Gasteiger partial charge in [0.1, 0.15) is 0 Å². The maximum Gasteiger partial charge on any atom is 0.408 e. The van der Waals surface area contributed by atoms with Crippen LogP contribution in [-0.2, 0) is 0 Å². The summed E-state index contributed by atoms with van der Waals surface area (Å²) >= 11 is 0. The SMILES string of the molecule is CC(C)(C)N(C(=O)O)[C@H](CC=Cc1ccccc1)c1ccccc1. The number of nitrogens with zero attached hydrogens (tertiary/aromatic N) is 1. The number of benzene rings is 2. The monoisotopic (exact) mass is 323 g/mol. The van der Waals surface area contributed by atoms with Crippen LogP contribution in [0.3, 0.4) is 0 Å². The molecule has 0 aliphatic heterocycles. The third-order valence-corrected chi connectivity index (χ3v) is 3.89. The smallest absolute Gasteiger partial charge is 0.408 e. The van der Waals surface area contributed by atoms with Crippen molar-refractivity contribution in [3.8, 4) is 0 Å². The van der Waals surface area contributed by atoms with Crippen molar-refractivity contribution in [1.29, 1.82) is 0 Å². The molecule has 0 bridgehead atoms. The summed E-state index contributed by atoms with van der Waals surface area (Å²) in [4.78, 5) is 13.4. The molecule has 0 spiro atoms. The van der Waals surface area contributed by atoms with Crippen LogP contribution in [0.5, 0.6) is 0 Å². The van der Waals surface area contributed by atoms with E-state index in [9.17, 15) is 9.90 Å². The van der Waals surface area contributed by atoms with E-state index in [0.717, 1.165) is 11.1 Å². The fourth-order valence-corrected chi connectivity index (χ4v) is 2.85. The van der Waals surface area contributed by atoms with Crippen molar-refractivity contribution in [3.63, 3.8) is 0 Å². The van der Waals surface area contributed by atoms with Crippen LogP contribution in [-0.4, -0.2) is 21.6 Å². The summed E-state index contributed by atoms with van der Waals surface area (Å²) in [6.07, 6.45) is 3.82. The summed E-state index contributed by atoms with van der Waals surface area (Å²) < 4.78 is 0. The Balaban J connectivity index is 2.30. The Morgan fingerprint density at radius 1 is 1.04 bits per heavy atom. The average Bonchev–Trinajstić information content (AvgIpc) is 2.54. The van der Waals surface area contributed by atoms with Crippen molar-refractivity contribution in [1.82, 2.24) is 4.90 Å². The molecule has 0 aliphatic carbocycles. The maximum absolute atomic E-state index is 11.9. The first kappa shape index (κ1) is 17.8. The molecule has 126 valence electrons. The zero-order valence-electron chi connectivity index (χ0n) is 14.5. The van der Waals surface area contributed by atoms with Gasteiger partial charge in [-0.2, -0.15) is 0 Å². The molecule has 0 fully saturated rings.